The van der Waals surface area contributed by atoms with Crippen LogP contribution in [-0.4, -0.2) is 57.6 Å². The number of hydrogen-bond donors (Lipinski definition) is 1. The number of hydrogen-bond acceptors (Lipinski definition) is 6. The van der Waals surface area contributed by atoms with Crippen molar-refractivity contribution in [3.8, 4) is 11.4 Å². The van der Waals surface area contributed by atoms with Crippen LogP contribution in [0.15, 0.2) is 54.6 Å². The quantitative estimate of drug-likeness (QED) is 0.664. The number of nitrogens with one attached hydrogen (secondary N) is 1. The van der Waals surface area contributed by atoms with Gasteiger partial charge in [-0.2, -0.15) is 13.2 Å². The Morgan fingerprint density at radius 1 is 1.00 bits per heavy atom. The highest BCUT2D eigenvalue weighted by Gasteiger charge is 2.50. The Hall–Kier alpha value is -3.31. The Morgan fingerprint density at radius 3 is 2.44 bits per heavy atom. The highest BCUT2D eigenvalue weighted by molar-refractivity contribution is 5.94. The van der Waals surface area contributed by atoms with Crippen LogP contribution in [0.5, 0.6) is 0 Å². The zero-order valence-corrected chi connectivity index (χ0v) is 16.6. The standard InChI is InChI=1S/C21H18F3N5O3/c22-21(23,24)14-8-6-13(7-9-14)20(30)25-15-10-31-18-16(11-32-17(15)18)29-19(26-27-28-29)12-4-2-1-3-5-12/h1-9,15-18H,10-11H2,(H,25,30). The third-order valence-electron chi connectivity index (χ3n) is 5.66. The van der Waals surface area contributed by atoms with Gasteiger partial charge in [-0.05, 0) is 34.7 Å². The number of nitrogens with zero attached hydrogens (tertiary/aromatic N) is 4. The summed E-state index contributed by atoms with van der Waals surface area (Å²) in [6.07, 6.45) is -5.26. The summed E-state index contributed by atoms with van der Waals surface area (Å²) in [4.78, 5) is 12.6. The summed E-state index contributed by atoms with van der Waals surface area (Å²) >= 11 is 0. The van der Waals surface area contributed by atoms with E-state index in [4.69, 9.17) is 9.47 Å². The smallest absolute Gasteiger partial charge is 0.371 e. The van der Waals surface area contributed by atoms with E-state index in [-0.39, 0.29) is 24.3 Å². The van der Waals surface area contributed by atoms with Crippen molar-refractivity contribution < 1.29 is 27.4 Å². The number of rotatable bonds is 4. The number of halogens is 3. The maximum atomic E-state index is 12.7. The van der Waals surface area contributed by atoms with Gasteiger partial charge in [0.05, 0.1) is 24.8 Å². The molecule has 1 amide bonds. The first-order chi connectivity index (χ1) is 15.4. The first-order valence-electron chi connectivity index (χ1n) is 9.96. The minimum atomic E-state index is -4.46. The van der Waals surface area contributed by atoms with E-state index < -0.39 is 29.8 Å². The fourth-order valence-corrected chi connectivity index (χ4v) is 4.07. The molecule has 2 aromatic carbocycles. The number of carbonyl (C=O) groups excluding carboxylic acids is 1. The van der Waals surface area contributed by atoms with Gasteiger partial charge in [0.25, 0.3) is 5.91 Å². The van der Waals surface area contributed by atoms with Gasteiger partial charge in [-0.25, -0.2) is 4.68 Å². The average molecular weight is 445 g/mol. The predicted molar refractivity (Wildman–Crippen MR) is 104 cm³/mol. The first kappa shape index (κ1) is 20.6. The maximum absolute atomic E-state index is 12.7. The molecule has 32 heavy (non-hydrogen) atoms. The topological polar surface area (TPSA) is 91.2 Å². The summed E-state index contributed by atoms with van der Waals surface area (Å²) in [7, 11) is 0. The second-order valence-electron chi connectivity index (χ2n) is 7.63. The molecule has 3 aromatic rings. The Kier molecular flexibility index (Phi) is 5.14. The molecule has 0 saturated carbocycles. The van der Waals surface area contributed by atoms with E-state index in [0.29, 0.717) is 12.4 Å². The fraction of sp³-hybridized carbons (Fsp3) is 0.333. The van der Waals surface area contributed by atoms with Crippen molar-refractivity contribution in [2.45, 2.75) is 30.5 Å². The molecule has 4 atom stereocenters. The maximum Gasteiger partial charge on any atom is 0.416 e. The van der Waals surface area contributed by atoms with Crippen LogP contribution in [0.1, 0.15) is 22.0 Å². The molecule has 166 valence electrons. The SMILES string of the molecule is O=C(NC1COC2C1OCC2n1nnnc1-c1ccccc1)c1ccc(C(F)(F)F)cc1. The number of ether oxygens (including phenoxy) is 2. The van der Waals surface area contributed by atoms with E-state index in [1.807, 2.05) is 30.3 Å². The first-order valence-corrected chi connectivity index (χ1v) is 9.96. The molecular formula is C21H18F3N5O3. The summed E-state index contributed by atoms with van der Waals surface area (Å²) in [5, 5.41) is 14.8. The average Bonchev–Trinajstić information content (AvgIpc) is 3.51. The number of amides is 1. The van der Waals surface area contributed by atoms with Crippen LogP contribution < -0.4 is 5.32 Å². The monoisotopic (exact) mass is 445 g/mol. The van der Waals surface area contributed by atoms with E-state index in [2.05, 4.69) is 20.8 Å². The highest BCUT2D eigenvalue weighted by atomic mass is 19.4. The van der Waals surface area contributed by atoms with Crippen LogP contribution in [0.2, 0.25) is 0 Å². The summed E-state index contributed by atoms with van der Waals surface area (Å²) in [5.41, 5.74) is 0.171. The Labute approximate surface area is 180 Å². The van der Waals surface area contributed by atoms with Crippen molar-refractivity contribution in [3.05, 3.63) is 65.7 Å². The lowest BCUT2D eigenvalue weighted by atomic mass is 10.0. The van der Waals surface area contributed by atoms with Gasteiger partial charge < -0.3 is 14.8 Å². The molecule has 2 fully saturated rings. The number of fused-ring (bicyclic) bond motifs is 1. The van der Waals surface area contributed by atoms with Gasteiger partial charge >= 0.3 is 6.18 Å². The molecular weight excluding hydrogens is 427 g/mol. The molecule has 2 aliphatic heterocycles. The van der Waals surface area contributed by atoms with Crippen LogP contribution >= 0.6 is 0 Å². The largest absolute Gasteiger partial charge is 0.416 e. The number of benzene rings is 2. The molecule has 5 rings (SSSR count). The van der Waals surface area contributed by atoms with Gasteiger partial charge in [-0.1, -0.05) is 30.3 Å². The van der Waals surface area contributed by atoms with Gasteiger partial charge in [0.2, 0.25) is 0 Å². The lowest BCUT2D eigenvalue weighted by molar-refractivity contribution is -0.137. The second-order valence-corrected chi connectivity index (χ2v) is 7.63. The molecule has 2 aliphatic rings. The van der Waals surface area contributed by atoms with Crippen LogP contribution in [0, 0.1) is 0 Å². The number of carbonyl (C=O) groups is 1. The van der Waals surface area contributed by atoms with Gasteiger partial charge in [-0.15, -0.1) is 5.10 Å². The number of aromatic nitrogens is 4. The summed E-state index contributed by atoms with van der Waals surface area (Å²) in [5.74, 6) is 0.0908. The zero-order chi connectivity index (χ0) is 22.3. The van der Waals surface area contributed by atoms with Crippen LogP contribution in [0.4, 0.5) is 13.2 Å². The highest BCUT2D eigenvalue weighted by Crippen LogP contribution is 2.36. The predicted octanol–water partition coefficient (Wildman–Crippen LogP) is 2.50. The molecule has 0 radical (unpaired) electrons. The van der Waals surface area contributed by atoms with E-state index in [1.54, 1.807) is 4.68 Å². The summed E-state index contributed by atoms with van der Waals surface area (Å²) in [6.45, 7) is 0.508. The lowest BCUT2D eigenvalue weighted by Crippen LogP contribution is -2.44. The Bertz CT molecular complexity index is 1100. The third kappa shape index (κ3) is 3.73. The van der Waals surface area contributed by atoms with Gasteiger partial charge in [-0.3, -0.25) is 4.79 Å². The number of alkyl halides is 3. The summed E-state index contributed by atoms with van der Waals surface area (Å²) in [6, 6.07) is 12.8. The fourth-order valence-electron chi connectivity index (χ4n) is 4.07. The minimum Gasteiger partial charge on any atom is -0.371 e. The second kappa shape index (κ2) is 7.99. The molecule has 11 heteroatoms. The van der Waals surface area contributed by atoms with Crippen molar-refractivity contribution in [1.82, 2.24) is 25.5 Å². The Balaban J connectivity index is 1.28. The van der Waals surface area contributed by atoms with E-state index >= 15 is 0 Å². The van der Waals surface area contributed by atoms with Crippen LogP contribution in [-0.2, 0) is 15.7 Å². The third-order valence-corrected chi connectivity index (χ3v) is 5.66. The molecule has 0 aliphatic carbocycles. The van der Waals surface area contributed by atoms with Crippen LogP contribution in [0.25, 0.3) is 11.4 Å². The zero-order valence-electron chi connectivity index (χ0n) is 16.6. The number of tetrazole rings is 1. The Morgan fingerprint density at radius 2 is 1.72 bits per heavy atom. The van der Waals surface area contributed by atoms with Crippen molar-refractivity contribution in [2.24, 2.45) is 0 Å². The van der Waals surface area contributed by atoms with Crippen molar-refractivity contribution >= 4 is 5.91 Å². The molecule has 1 N–H and O–H groups in total. The molecule has 0 bridgehead atoms. The van der Waals surface area contributed by atoms with Gasteiger partial charge in [0.15, 0.2) is 5.82 Å². The van der Waals surface area contributed by atoms with Gasteiger partial charge in [0, 0.05) is 11.1 Å². The normalized spacial score (nSPS) is 25.0. The van der Waals surface area contributed by atoms with E-state index in [9.17, 15) is 18.0 Å². The van der Waals surface area contributed by atoms with E-state index in [0.717, 1.165) is 29.8 Å². The van der Waals surface area contributed by atoms with Crippen molar-refractivity contribution in [3.63, 3.8) is 0 Å². The van der Waals surface area contributed by atoms with Crippen molar-refractivity contribution in [2.75, 3.05) is 13.2 Å². The van der Waals surface area contributed by atoms with E-state index in [1.165, 1.54) is 0 Å². The molecule has 2 saturated heterocycles. The van der Waals surface area contributed by atoms with Crippen molar-refractivity contribution in [1.29, 1.82) is 0 Å². The minimum absolute atomic E-state index is 0.128. The molecule has 0 spiro atoms. The summed E-state index contributed by atoms with van der Waals surface area (Å²) < 4.78 is 51.7. The lowest BCUT2D eigenvalue weighted by Gasteiger charge is -2.18. The molecule has 1 aromatic heterocycles. The molecule has 3 heterocycles. The molecule has 4 unspecified atom stereocenters. The molecule has 8 nitrogen and oxygen atoms in total. The van der Waals surface area contributed by atoms with Crippen LogP contribution in [0.3, 0.4) is 0 Å². The van der Waals surface area contributed by atoms with Gasteiger partial charge in [0.1, 0.15) is 18.2 Å².